The van der Waals surface area contributed by atoms with Crippen molar-refractivity contribution in [2.75, 3.05) is 0 Å². The van der Waals surface area contributed by atoms with Gasteiger partial charge in [-0.25, -0.2) is 0 Å². The monoisotopic (exact) mass is 154 g/mol. The molecule has 0 N–H and O–H groups in total. The van der Waals surface area contributed by atoms with E-state index in [-0.39, 0.29) is 0 Å². The molecule has 0 aromatic heterocycles. The summed E-state index contributed by atoms with van der Waals surface area (Å²) in [4.78, 5) is 0. The van der Waals surface area contributed by atoms with Crippen molar-refractivity contribution in [2.24, 2.45) is 23.7 Å². The average Bonchev–Trinajstić information content (AvgIpc) is 2.24. The second kappa shape index (κ2) is 3.60. The van der Waals surface area contributed by atoms with E-state index in [2.05, 4.69) is 27.7 Å². The Bertz CT molecular complexity index is 103. The van der Waals surface area contributed by atoms with E-state index >= 15 is 0 Å². The van der Waals surface area contributed by atoms with E-state index < -0.39 is 0 Å². The third-order valence-electron chi connectivity index (χ3n) is 3.70. The van der Waals surface area contributed by atoms with Gasteiger partial charge < -0.3 is 0 Å². The van der Waals surface area contributed by atoms with E-state index in [0.717, 1.165) is 23.7 Å². The standard InChI is InChI=1S/C11H22/c1-5-10-8(3)7-9(4)11(10)6-2/h8-11H,5-7H2,1-4H3. The van der Waals surface area contributed by atoms with Crippen LogP contribution >= 0.6 is 0 Å². The molecule has 1 aliphatic carbocycles. The van der Waals surface area contributed by atoms with Gasteiger partial charge in [0.05, 0.1) is 0 Å². The van der Waals surface area contributed by atoms with Crippen LogP contribution in [-0.2, 0) is 0 Å². The Kier molecular flexibility index (Phi) is 2.98. The lowest BCUT2D eigenvalue weighted by atomic mass is 9.84. The summed E-state index contributed by atoms with van der Waals surface area (Å²) in [6.07, 6.45) is 4.26. The zero-order chi connectivity index (χ0) is 8.43. The Morgan fingerprint density at radius 1 is 0.909 bits per heavy atom. The van der Waals surface area contributed by atoms with Crippen molar-refractivity contribution in [1.29, 1.82) is 0 Å². The molecule has 0 radical (unpaired) electrons. The van der Waals surface area contributed by atoms with Gasteiger partial charge in [-0.05, 0) is 30.1 Å². The molecule has 0 aromatic rings. The molecule has 0 heteroatoms. The minimum absolute atomic E-state index is 0.986. The molecule has 66 valence electrons. The maximum absolute atomic E-state index is 2.43. The lowest BCUT2D eigenvalue weighted by Gasteiger charge is -2.21. The normalized spacial score (nSPS) is 44.7. The Hall–Kier alpha value is 0. The number of hydrogen-bond donors (Lipinski definition) is 0. The highest BCUT2D eigenvalue weighted by atomic mass is 14.4. The minimum Gasteiger partial charge on any atom is -0.0651 e. The molecule has 4 unspecified atom stereocenters. The predicted octanol–water partition coefficient (Wildman–Crippen LogP) is 3.71. The van der Waals surface area contributed by atoms with Crippen LogP contribution in [0.5, 0.6) is 0 Å². The summed E-state index contributed by atoms with van der Waals surface area (Å²) >= 11 is 0. The van der Waals surface area contributed by atoms with E-state index in [0.29, 0.717) is 0 Å². The summed E-state index contributed by atoms with van der Waals surface area (Å²) in [7, 11) is 0. The molecule has 1 rings (SSSR count). The summed E-state index contributed by atoms with van der Waals surface area (Å²) in [5.74, 6) is 4.02. The van der Waals surface area contributed by atoms with Gasteiger partial charge in [-0.3, -0.25) is 0 Å². The van der Waals surface area contributed by atoms with Gasteiger partial charge in [-0.1, -0.05) is 40.5 Å². The van der Waals surface area contributed by atoms with Crippen molar-refractivity contribution < 1.29 is 0 Å². The van der Waals surface area contributed by atoms with E-state index in [1.807, 2.05) is 0 Å². The molecule has 0 heterocycles. The van der Waals surface area contributed by atoms with Crippen molar-refractivity contribution in [3.05, 3.63) is 0 Å². The fourth-order valence-corrected chi connectivity index (χ4v) is 3.19. The van der Waals surface area contributed by atoms with Crippen LogP contribution in [0.2, 0.25) is 0 Å². The molecule has 0 aliphatic heterocycles. The molecule has 0 nitrogen and oxygen atoms in total. The van der Waals surface area contributed by atoms with Crippen LogP contribution in [0.3, 0.4) is 0 Å². The van der Waals surface area contributed by atoms with Gasteiger partial charge in [0.25, 0.3) is 0 Å². The second-order valence-corrected chi connectivity index (χ2v) is 4.33. The molecule has 1 fully saturated rings. The van der Waals surface area contributed by atoms with E-state index in [1.54, 1.807) is 0 Å². The first-order chi connectivity index (χ1) is 5.20. The zero-order valence-electron chi connectivity index (χ0n) is 8.43. The van der Waals surface area contributed by atoms with Crippen LogP contribution in [0.1, 0.15) is 47.0 Å². The molecule has 0 saturated heterocycles. The average molecular weight is 154 g/mol. The van der Waals surface area contributed by atoms with Crippen LogP contribution in [0, 0.1) is 23.7 Å². The summed E-state index contributed by atoms with van der Waals surface area (Å²) in [5, 5.41) is 0. The largest absolute Gasteiger partial charge is 0.0651 e. The van der Waals surface area contributed by atoms with Crippen LogP contribution in [-0.4, -0.2) is 0 Å². The third kappa shape index (κ3) is 1.60. The number of hydrogen-bond acceptors (Lipinski definition) is 0. The smallest absolute Gasteiger partial charge is 0.0360 e. The summed E-state index contributed by atoms with van der Waals surface area (Å²) in [5.41, 5.74) is 0. The first-order valence-corrected chi connectivity index (χ1v) is 5.20. The first-order valence-electron chi connectivity index (χ1n) is 5.20. The lowest BCUT2D eigenvalue weighted by molar-refractivity contribution is 0.282. The Morgan fingerprint density at radius 2 is 1.27 bits per heavy atom. The van der Waals surface area contributed by atoms with Crippen LogP contribution in [0.4, 0.5) is 0 Å². The highest BCUT2D eigenvalue weighted by molar-refractivity contribution is 4.85. The van der Waals surface area contributed by atoms with Crippen LogP contribution in [0.15, 0.2) is 0 Å². The van der Waals surface area contributed by atoms with Gasteiger partial charge in [0, 0.05) is 0 Å². The molecular formula is C11H22. The summed E-state index contributed by atoms with van der Waals surface area (Å²) in [6, 6.07) is 0. The van der Waals surface area contributed by atoms with Gasteiger partial charge in [0.2, 0.25) is 0 Å². The van der Waals surface area contributed by atoms with Crippen LogP contribution in [0.25, 0.3) is 0 Å². The Balaban J connectivity index is 2.59. The summed E-state index contributed by atoms with van der Waals surface area (Å²) in [6.45, 7) is 9.56. The van der Waals surface area contributed by atoms with Gasteiger partial charge in [0.1, 0.15) is 0 Å². The third-order valence-corrected chi connectivity index (χ3v) is 3.70. The molecular weight excluding hydrogens is 132 g/mol. The Labute approximate surface area is 71.4 Å². The Morgan fingerprint density at radius 3 is 1.55 bits per heavy atom. The highest BCUT2D eigenvalue weighted by Gasteiger charge is 2.35. The maximum atomic E-state index is 2.43. The van der Waals surface area contributed by atoms with Crippen molar-refractivity contribution in [3.8, 4) is 0 Å². The maximum Gasteiger partial charge on any atom is -0.0360 e. The zero-order valence-corrected chi connectivity index (χ0v) is 8.43. The number of rotatable bonds is 2. The second-order valence-electron chi connectivity index (χ2n) is 4.33. The minimum atomic E-state index is 0.986. The van der Waals surface area contributed by atoms with Crippen molar-refractivity contribution in [1.82, 2.24) is 0 Å². The molecule has 1 saturated carbocycles. The molecule has 0 bridgehead atoms. The predicted molar refractivity (Wildman–Crippen MR) is 50.5 cm³/mol. The van der Waals surface area contributed by atoms with Gasteiger partial charge in [-0.2, -0.15) is 0 Å². The molecule has 4 atom stereocenters. The van der Waals surface area contributed by atoms with Crippen molar-refractivity contribution >= 4 is 0 Å². The van der Waals surface area contributed by atoms with Crippen LogP contribution < -0.4 is 0 Å². The molecule has 0 aromatic carbocycles. The SMILES string of the molecule is CCC1C(C)CC(C)C1CC. The fourth-order valence-electron chi connectivity index (χ4n) is 3.19. The summed E-state index contributed by atoms with van der Waals surface area (Å²) < 4.78 is 0. The van der Waals surface area contributed by atoms with E-state index in [4.69, 9.17) is 0 Å². The van der Waals surface area contributed by atoms with Gasteiger partial charge in [0.15, 0.2) is 0 Å². The van der Waals surface area contributed by atoms with Crippen molar-refractivity contribution in [3.63, 3.8) is 0 Å². The topological polar surface area (TPSA) is 0 Å². The van der Waals surface area contributed by atoms with Gasteiger partial charge >= 0.3 is 0 Å². The molecule has 0 spiro atoms. The van der Waals surface area contributed by atoms with E-state index in [9.17, 15) is 0 Å². The van der Waals surface area contributed by atoms with Gasteiger partial charge in [-0.15, -0.1) is 0 Å². The molecule has 11 heavy (non-hydrogen) atoms. The fraction of sp³-hybridized carbons (Fsp3) is 1.00. The first kappa shape index (κ1) is 9.09. The quantitative estimate of drug-likeness (QED) is 0.568. The molecule has 0 amide bonds. The molecule has 1 aliphatic rings. The van der Waals surface area contributed by atoms with Crippen molar-refractivity contribution in [2.45, 2.75) is 47.0 Å². The van der Waals surface area contributed by atoms with E-state index in [1.165, 1.54) is 19.3 Å². The lowest BCUT2D eigenvalue weighted by Crippen LogP contribution is -2.13. The highest BCUT2D eigenvalue weighted by Crippen LogP contribution is 2.44.